The lowest BCUT2D eigenvalue weighted by molar-refractivity contribution is 0.0747. The summed E-state index contributed by atoms with van der Waals surface area (Å²) in [7, 11) is -1.33. The molecule has 0 bridgehead atoms. The molecule has 1 aliphatic heterocycles. The Bertz CT molecular complexity index is 535. The van der Waals surface area contributed by atoms with Gasteiger partial charge in [0.1, 0.15) is 0 Å². The minimum absolute atomic E-state index is 0.0616. The Kier molecular flexibility index (Phi) is 2.94. The second kappa shape index (κ2) is 4.14. The Morgan fingerprint density at radius 1 is 1.59 bits per heavy atom. The maximum atomic E-state index is 12.1. The van der Waals surface area contributed by atoms with Gasteiger partial charge in [-0.15, -0.1) is 0 Å². The van der Waals surface area contributed by atoms with Crippen molar-refractivity contribution in [1.82, 2.24) is 15.1 Å². The number of aromatic nitrogens is 2. The average Bonchev–Trinajstić information content (AvgIpc) is 2.82. The zero-order valence-corrected chi connectivity index (χ0v) is 10.6. The number of sulfone groups is 1. The van der Waals surface area contributed by atoms with Crippen molar-refractivity contribution in [2.45, 2.75) is 19.4 Å². The van der Waals surface area contributed by atoms with E-state index in [0.29, 0.717) is 17.7 Å². The van der Waals surface area contributed by atoms with E-state index < -0.39 is 9.84 Å². The summed E-state index contributed by atoms with van der Waals surface area (Å²) in [6.07, 6.45) is 1.99. The topological polar surface area (TPSA) is 83.1 Å². The molecule has 94 valence electrons. The second-order valence-corrected chi connectivity index (χ2v) is 6.61. The van der Waals surface area contributed by atoms with Crippen LogP contribution in [0, 0.1) is 6.92 Å². The highest BCUT2D eigenvalue weighted by Crippen LogP contribution is 2.18. The van der Waals surface area contributed by atoms with Crippen LogP contribution < -0.4 is 0 Å². The van der Waals surface area contributed by atoms with Crippen molar-refractivity contribution in [1.29, 1.82) is 0 Å². The van der Waals surface area contributed by atoms with Gasteiger partial charge in [0.15, 0.2) is 9.84 Å². The first kappa shape index (κ1) is 12.1. The monoisotopic (exact) mass is 257 g/mol. The second-order valence-electron chi connectivity index (χ2n) is 4.38. The normalized spacial score (nSPS) is 22.6. The molecule has 0 aromatic carbocycles. The van der Waals surface area contributed by atoms with E-state index in [1.54, 1.807) is 14.0 Å². The fourth-order valence-corrected chi connectivity index (χ4v) is 3.78. The molecule has 7 heteroatoms. The zero-order valence-electron chi connectivity index (χ0n) is 9.80. The van der Waals surface area contributed by atoms with Crippen LogP contribution >= 0.6 is 0 Å². The van der Waals surface area contributed by atoms with Crippen LogP contribution in [0.3, 0.4) is 0 Å². The van der Waals surface area contributed by atoms with Crippen molar-refractivity contribution in [2.24, 2.45) is 0 Å². The van der Waals surface area contributed by atoms with Gasteiger partial charge in [0.2, 0.25) is 0 Å². The van der Waals surface area contributed by atoms with Gasteiger partial charge in [0.05, 0.1) is 23.3 Å². The van der Waals surface area contributed by atoms with E-state index in [0.717, 1.165) is 0 Å². The maximum absolute atomic E-state index is 12.1. The Balaban J connectivity index is 2.14. The van der Waals surface area contributed by atoms with E-state index in [-0.39, 0.29) is 23.5 Å². The number of amides is 1. The number of carbonyl (C=O) groups excluding carboxylic acids is 1. The van der Waals surface area contributed by atoms with Crippen molar-refractivity contribution in [3.8, 4) is 0 Å². The lowest BCUT2D eigenvalue weighted by Crippen LogP contribution is -2.37. The molecule has 0 saturated carbocycles. The molecule has 6 nitrogen and oxygen atoms in total. The fraction of sp³-hybridized carbons (Fsp3) is 0.600. The standard InChI is InChI=1S/C10H15N3O3S/c1-7-9(5-11-12-7)10(14)13(2)8-3-4-17(15,16)6-8/h5,8H,3-4,6H2,1-2H3,(H,11,12). The van der Waals surface area contributed by atoms with E-state index in [4.69, 9.17) is 0 Å². The van der Waals surface area contributed by atoms with Gasteiger partial charge in [-0.05, 0) is 13.3 Å². The molecular weight excluding hydrogens is 242 g/mol. The predicted molar refractivity (Wildman–Crippen MR) is 62.5 cm³/mol. The number of hydrogen-bond acceptors (Lipinski definition) is 4. The summed E-state index contributed by atoms with van der Waals surface area (Å²) in [6.45, 7) is 1.76. The van der Waals surface area contributed by atoms with Gasteiger partial charge < -0.3 is 4.90 Å². The Hall–Kier alpha value is -1.37. The highest BCUT2D eigenvalue weighted by molar-refractivity contribution is 7.91. The van der Waals surface area contributed by atoms with Crippen molar-refractivity contribution in [2.75, 3.05) is 18.6 Å². The predicted octanol–water partition coefficient (Wildman–Crippen LogP) is -0.0228. The van der Waals surface area contributed by atoms with Crippen molar-refractivity contribution >= 4 is 15.7 Å². The first-order chi connectivity index (χ1) is 7.91. The van der Waals surface area contributed by atoms with Crippen LogP contribution in [0.2, 0.25) is 0 Å². The summed E-state index contributed by atoms with van der Waals surface area (Å²) in [5.74, 6) is 0.0459. The van der Waals surface area contributed by atoms with Gasteiger partial charge in [-0.3, -0.25) is 9.89 Å². The molecule has 2 rings (SSSR count). The summed E-state index contributed by atoms with van der Waals surface area (Å²) < 4.78 is 22.7. The molecule has 1 aromatic heterocycles. The van der Waals surface area contributed by atoms with E-state index in [9.17, 15) is 13.2 Å². The maximum Gasteiger partial charge on any atom is 0.257 e. The molecule has 1 unspecified atom stereocenters. The van der Waals surface area contributed by atoms with Crippen molar-refractivity contribution < 1.29 is 13.2 Å². The Morgan fingerprint density at radius 2 is 2.29 bits per heavy atom. The van der Waals surface area contributed by atoms with Crippen LogP contribution in [-0.4, -0.2) is 54.0 Å². The van der Waals surface area contributed by atoms with Gasteiger partial charge in [-0.25, -0.2) is 8.42 Å². The van der Waals surface area contributed by atoms with Crippen LogP contribution in [-0.2, 0) is 9.84 Å². The summed E-state index contributed by atoms with van der Waals surface area (Å²) in [4.78, 5) is 13.6. The van der Waals surface area contributed by atoms with Gasteiger partial charge in [0.25, 0.3) is 5.91 Å². The molecule has 1 fully saturated rings. The van der Waals surface area contributed by atoms with Crippen LogP contribution in [0.25, 0.3) is 0 Å². The highest BCUT2D eigenvalue weighted by Gasteiger charge is 2.33. The lowest BCUT2D eigenvalue weighted by atomic mass is 10.2. The minimum atomic E-state index is -2.97. The number of aromatic amines is 1. The average molecular weight is 257 g/mol. The summed E-state index contributed by atoms with van der Waals surface area (Å²) in [6, 6.07) is -0.221. The third-order valence-corrected chi connectivity index (χ3v) is 4.89. The number of nitrogens with one attached hydrogen (secondary N) is 1. The van der Waals surface area contributed by atoms with E-state index in [1.807, 2.05) is 0 Å². The Morgan fingerprint density at radius 3 is 2.76 bits per heavy atom. The molecule has 0 aliphatic carbocycles. The molecular formula is C10H15N3O3S. The molecule has 1 aromatic rings. The van der Waals surface area contributed by atoms with Crippen molar-refractivity contribution in [3.05, 3.63) is 17.5 Å². The van der Waals surface area contributed by atoms with Gasteiger partial charge in [0, 0.05) is 18.8 Å². The molecule has 1 saturated heterocycles. The van der Waals surface area contributed by atoms with Crippen molar-refractivity contribution in [3.63, 3.8) is 0 Å². The smallest absolute Gasteiger partial charge is 0.257 e. The van der Waals surface area contributed by atoms with E-state index in [2.05, 4.69) is 10.2 Å². The molecule has 17 heavy (non-hydrogen) atoms. The van der Waals surface area contributed by atoms with Crippen LogP contribution in [0.5, 0.6) is 0 Å². The zero-order chi connectivity index (χ0) is 12.6. The summed E-state index contributed by atoms with van der Waals surface area (Å²) >= 11 is 0. The Labute approximate surface area is 99.9 Å². The number of aryl methyl sites for hydroxylation is 1. The third-order valence-electron chi connectivity index (χ3n) is 3.14. The number of carbonyl (C=O) groups is 1. The molecule has 2 heterocycles. The lowest BCUT2D eigenvalue weighted by Gasteiger charge is -2.23. The number of H-pyrrole nitrogens is 1. The first-order valence-corrected chi connectivity index (χ1v) is 7.20. The number of nitrogens with zero attached hydrogens (tertiary/aromatic N) is 2. The minimum Gasteiger partial charge on any atom is -0.338 e. The van der Waals surface area contributed by atoms with E-state index in [1.165, 1.54) is 11.1 Å². The molecule has 0 spiro atoms. The van der Waals surface area contributed by atoms with Gasteiger partial charge in [-0.1, -0.05) is 0 Å². The highest BCUT2D eigenvalue weighted by atomic mass is 32.2. The van der Waals surface area contributed by atoms with Gasteiger partial charge >= 0.3 is 0 Å². The largest absolute Gasteiger partial charge is 0.338 e. The fourth-order valence-electron chi connectivity index (χ4n) is 2.00. The van der Waals surface area contributed by atoms with Crippen LogP contribution in [0.1, 0.15) is 22.5 Å². The molecule has 1 aliphatic rings. The third kappa shape index (κ3) is 2.33. The quantitative estimate of drug-likeness (QED) is 0.807. The van der Waals surface area contributed by atoms with E-state index >= 15 is 0 Å². The SMILES string of the molecule is Cc1[nH]ncc1C(=O)N(C)C1CCS(=O)(=O)C1. The van der Waals surface area contributed by atoms with Gasteiger partial charge in [-0.2, -0.15) is 5.10 Å². The molecule has 1 N–H and O–H groups in total. The molecule has 1 amide bonds. The molecule has 1 atom stereocenters. The summed E-state index contributed by atoms with van der Waals surface area (Å²) in [5, 5.41) is 6.49. The van der Waals surface area contributed by atoms with Crippen LogP contribution in [0.4, 0.5) is 0 Å². The number of rotatable bonds is 2. The van der Waals surface area contributed by atoms with Crippen LogP contribution in [0.15, 0.2) is 6.20 Å². The summed E-state index contributed by atoms with van der Waals surface area (Å²) in [5.41, 5.74) is 1.19. The first-order valence-electron chi connectivity index (χ1n) is 5.38. The number of hydrogen-bond donors (Lipinski definition) is 1. The molecule has 0 radical (unpaired) electrons.